The molecule has 1 aliphatic heterocycles. The molecular formula is C24H16F2N2O3S. The normalized spacial score (nSPS) is 15.1. The first-order valence-corrected chi connectivity index (χ1v) is 9.97. The van der Waals surface area contributed by atoms with E-state index in [0.29, 0.717) is 11.3 Å². The summed E-state index contributed by atoms with van der Waals surface area (Å²) in [5, 5.41) is 2.22. The monoisotopic (exact) mass is 450 g/mol. The van der Waals surface area contributed by atoms with Crippen LogP contribution >= 0.6 is 12.2 Å². The van der Waals surface area contributed by atoms with Crippen LogP contribution < -0.4 is 15.0 Å². The van der Waals surface area contributed by atoms with Gasteiger partial charge in [-0.3, -0.25) is 14.9 Å². The number of nitrogens with zero attached hydrogens (tertiary/aromatic N) is 1. The van der Waals surface area contributed by atoms with Gasteiger partial charge in [-0.25, -0.2) is 13.7 Å². The number of para-hydroxylation sites is 2. The molecule has 0 atom stereocenters. The highest BCUT2D eigenvalue weighted by Gasteiger charge is 2.35. The number of ether oxygens (including phenoxy) is 1. The van der Waals surface area contributed by atoms with Crippen molar-refractivity contribution < 1.29 is 23.1 Å². The van der Waals surface area contributed by atoms with Crippen molar-refractivity contribution in [2.45, 2.75) is 6.61 Å². The molecule has 0 bridgehead atoms. The van der Waals surface area contributed by atoms with Gasteiger partial charge in [-0.2, -0.15) is 0 Å². The summed E-state index contributed by atoms with van der Waals surface area (Å²) in [7, 11) is 0. The first-order chi connectivity index (χ1) is 15.4. The molecule has 1 heterocycles. The number of nitrogens with one attached hydrogen (secondary N) is 1. The first kappa shape index (κ1) is 21.3. The lowest BCUT2D eigenvalue weighted by Gasteiger charge is -2.29. The Labute approximate surface area is 187 Å². The Kier molecular flexibility index (Phi) is 6.04. The predicted octanol–water partition coefficient (Wildman–Crippen LogP) is 4.38. The van der Waals surface area contributed by atoms with Gasteiger partial charge in [-0.05, 0) is 54.2 Å². The Bertz CT molecular complexity index is 1240. The van der Waals surface area contributed by atoms with Gasteiger partial charge in [0.25, 0.3) is 11.8 Å². The zero-order valence-electron chi connectivity index (χ0n) is 16.5. The van der Waals surface area contributed by atoms with Crippen LogP contribution in [-0.4, -0.2) is 16.9 Å². The van der Waals surface area contributed by atoms with Gasteiger partial charge in [0.05, 0.1) is 5.69 Å². The lowest BCUT2D eigenvalue weighted by molar-refractivity contribution is -0.122. The summed E-state index contributed by atoms with van der Waals surface area (Å²) in [5.74, 6) is -2.03. The highest BCUT2D eigenvalue weighted by Crippen LogP contribution is 2.27. The molecule has 0 unspecified atom stereocenters. The molecule has 1 fully saturated rings. The van der Waals surface area contributed by atoms with E-state index in [1.54, 1.807) is 42.5 Å². The summed E-state index contributed by atoms with van der Waals surface area (Å²) in [6, 6.07) is 18.3. The van der Waals surface area contributed by atoms with E-state index in [1.165, 1.54) is 36.4 Å². The van der Waals surface area contributed by atoms with Gasteiger partial charge in [-0.15, -0.1) is 0 Å². The van der Waals surface area contributed by atoms with Crippen LogP contribution in [0.5, 0.6) is 5.75 Å². The number of anilines is 1. The van der Waals surface area contributed by atoms with Crippen LogP contribution in [-0.2, 0) is 16.2 Å². The van der Waals surface area contributed by atoms with Crippen molar-refractivity contribution >= 4 is 40.9 Å². The van der Waals surface area contributed by atoms with Gasteiger partial charge >= 0.3 is 0 Å². The van der Waals surface area contributed by atoms with E-state index < -0.39 is 17.6 Å². The van der Waals surface area contributed by atoms with Crippen LogP contribution in [0.25, 0.3) is 6.08 Å². The smallest absolute Gasteiger partial charge is 0.270 e. The molecular weight excluding hydrogens is 434 g/mol. The largest absolute Gasteiger partial charge is 0.488 e. The minimum absolute atomic E-state index is 0.0609. The number of carbonyl (C=O) groups is 2. The van der Waals surface area contributed by atoms with Gasteiger partial charge in [-0.1, -0.05) is 42.5 Å². The number of hydrogen-bond donors (Lipinski definition) is 1. The Hall–Kier alpha value is -3.91. The van der Waals surface area contributed by atoms with Crippen LogP contribution in [0, 0.1) is 11.6 Å². The third kappa shape index (κ3) is 4.40. The van der Waals surface area contributed by atoms with E-state index in [-0.39, 0.29) is 28.8 Å². The van der Waals surface area contributed by atoms with Crippen molar-refractivity contribution in [2.75, 3.05) is 4.90 Å². The number of rotatable bonds is 5. The molecule has 1 aliphatic rings. The highest BCUT2D eigenvalue weighted by molar-refractivity contribution is 7.80. The fraction of sp³-hybridized carbons (Fsp3) is 0.0417. The number of halogens is 2. The zero-order valence-corrected chi connectivity index (χ0v) is 17.4. The molecule has 5 nitrogen and oxygen atoms in total. The van der Waals surface area contributed by atoms with Gasteiger partial charge < -0.3 is 4.74 Å². The summed E-state index contributed by atoms with van der Waals surface area (Å²) in [5.41, 5.74) is 0.930. The highest BCUT2D eigenvalue weighted by atomic mass is 32.1. The minimum Gasteiger partial charge on any atom is -0.488 e. The van der Waals surface area contributed by atoms with Gasteiger partial charge in [0.15, 0.2) is 5.11 Å². The lowest BCUT2D eigenvalue weighted by Crippen LogP contribution is -2.54. The molecule has 2 amide bonds. The molecule has 3 aromatic carbocycles. The summed E-state index contributed by atoms with van der Waals surface area (Å²) in [6.45, 7) is 0.159. The van der Waals surface area contributed by atoms with Crippen molar-refractivity contribution in [1.82, 2.24) is 5.32 Å². The molecule has 32 heavy (non-hydrogen) atoms. The van der Waals surface area contributed by atoms with Gasteiger partial charge in [0, 0.05) is 5.56 Å². The Balaban J connectivity index is 1.64. The quantitative estimate of drug-likeness (QED) is 0.356. The van der Waals surface area contributed by atoms with Crippen molar-refractivity contribution in [3.8, 4) is 5.75 Å². The third-order valence-corrected chi connectivity index (χ3v) is 5.01. The molecule has 0 saturated carbocycles. The average molecular weight is 450 g/mol. The Morgan fingerprint density at radius 2 is 1.62 bits per heavy atom. The second-order valence-electron chi connectivity index (χ2n) is 6.86. The van der Waals surface area contributed by atoms with Crippen LogP contribution in [0.4, 0.5) is 14.5 Å². The van der Waals surface area contributed by atoms with Crippen molar-refractivity contribution in [2.24, 2.45) is 0 Å². The van der Waals surface area contributed by atoms with E-state index in [1.807, 2.05) is 0 Å². The molecule has 1 N–H and O–H groups in total. The molecule has 8 heteroatoms. The average Bonchev–Trinajstić information content (AvgIpc) is 2.78. The van der Waals surface area contributed by atoms with Crippen LogP contribution in [0.2, 0.25) is 0 Å². The third-order valence-electron chi connectivity index (χ3n) is 4.72. The maximum absolute atomic E-state index is 14.3. The summed E-state index contributed by atoms with van der Waals surface area (Å²) < 4.78 is 33.2. The minimum atomic E-state index is -0.753. The predicted molar refractivity (Wildman–Crippen MR) is 120 cm³/mol. The summed E-state index contributed by atoms with van der Waals surface area (Å²) in [4.78, 5) is 26.6. The first-order valence-electron chi connectivity index (χ1n) is 9.56. The van der Waals surface area contributed by atoms with Crippen molar-refractivity contribution in [1.29, 1.82) is 0 Å². The van der Waals surface area contributed by atoms with E-state index >= 15 is 0 Å². The molecule has 1 saturated heterocycles. The SMILES string of the molecule is O=C1NC(=S)N(c2ccccc2F)C(=O)C1=Cc1ccccc1OCc1ccc(F)cc1. The van der Waals surface area contributed by atoms with Crippen molar-refractivity contribution in [3.05, 3.63) is 101 Å². The summed E-state index contributed by atoms with van der Waals surface area (Å²) in [6.07, 6.45) is 1.37. The molecule has 3 aromatic rings. The fourth-order valence-electron chi connectivity index (χ4n) is 3.14. The van der Waals surface area contributed by atoms with E-state index in [0.717, 1.165) is 10.5 Å². The molecule has 0 aliphatic carbocycles. The standard InChI is InChI=1S/C24H16F2N2O3S/c25-17-11-9-15(10-12-17)14-31-21-8-4-1-5-16(21)13-18-22(29)27-24(32)28(23(18)30)20-7-3-2-6-19(20)26/h1-13H,14H2,(H,27,29,32). The molecule has 4 rings (SSSR count). The van der Waals surface area contributed by atoms with Gasteiger partial charge in [0.1, 0.15) is 29.6 Å². The zero-order chi connectivity index (χ0) is 22.7. The molecule has 160 valence electrons. The number of thiocarbonyl (C=S) groups is 1. The maximum atomic E-state index is 14.3. The lowest BCUT2D eigenvalue weighted by atomic mass is 10.1. The molecule has 0 radical (unpaired) electrons. The van der Waals surface area contributed by atoms with Crippen molar-refractivity contribution in [3.63, 3.8) is 0 Å². The van der Waals surface area contributed by atoms with E-state index in [4.69, 9.17) is 17.0 Å². The number of benzene rings is 3. The second-order valence-corrected chi connectivity index (χ2v) is 7.25. The second kappa shape index (κ2) is 9.07. The van der Waals surface area contributed by atoms with Crippen LogP contribution in [0.15, 0.2) is 78.4 Å². The molecule has 0 spiro atoms. The maximum Gasteiger partial charge on any atom is 0.270 e. The number of hydrogen-bond acceptors (Lipinski definition) is 4. The topological polar surface area (TPSA) is 58.6 Å². The number of carbonyl (C=O) groups excluding carboxylic acids is 2. The van der Waals surface area contributed by atoms with Crippen LogP contribution in [0.3, 0.4) is 0 Å². The Morgan fingerprint density at radius 3 is 2.38 bits per heavy atom. The van der Waals surface area contributed by atoms with Gasteiger partial charge in [0.2, 0.25) is 0 Å². The van der Waals surface area contributed by atoms with E-state index in [9.17, 15) is 18.4 Å². The number of amides is 2. The summed E-state index contributed by atoms with van der Waals surface area (Å²) >= 11 is 5.10. The fourth-order valence-corrected chi connectivity index (χ4v) is 3.41. The Morgan fingerprint density at radius 1 is 0.938 bits per heavy atom. The van der Waals surface area contributed by atoms with Crippen LogP contribution in [0.1, 0.15) is 11.1 Å². The molecule has 0 aromatic heterocycles. The van der Waals surface area contributed by atoms with E-state index in [2.05, 4.69) is 5.32 Å².